The molecule has 0 spiro atoms. The summed E-state index contributed by atoms with van der Waals surface area (Å²) in [5.41, 5.74) is 2.18. The van der Waals surface area contributed by atoms with Crippen molar-refractivity contribution in [2.75, 3.05) is 6.54 Å². The fourth-order valence-corrected chi connectivity index (χ4v) is 2.37. The fraction of sp³-hybridized carbons (Fsp3) is 0.412. The fourth-order valence-electron chi connectivity index (χ4n) is 2.14. The Bertz CT molecular complexity index is 592. The molecule has 0 unspecified atom stereocenters. The van der Waals surface area contributed by atoms with Crippen LogP contribution in [0.5, 0.6) is 5.75 Å². The Kier molecular flexibility index (Phi) is 5.71. The van der Waals surface area contributed by atoms with E-state index in [9.17, 15) is 0 Å². The van der Waals surface area contributed by atoms with Crippen molar-refractivity contribution in [3.63, 3.8) is 0 Å². The summed E-state index contributed by atoms with van der Waals surface area (Å²) in [4.78, 5) is 0. The Morgan fingerprint density at radius 1 is 1.19 bits per heavy atom. The summed E-state index contributed by atoms with van der Waals surface area (Å²) in [5, 5.41) is 4.07. The van der Waals surface area contributed by atoms with Crippen LogP contribution in [-0.2, 0) is 13.2 Å². The second-order valence-corrected chi connectivity index (χ2v) is 5.63. The first-order valence-electron chi connectivity index (χ1n) is 7.28. The van der Waals surface area contributed by atoms with Gasteiger partial charge in [-0.05, 0) is 62.2 Å². The minimum atomic E-state index is 0.428. The lowest BCUT2D eigenvalue weighted by Crippen LogP contribution is -2.13. The van der Waals surface area contributed by atoms with E-state index in [0.717, 1.165) is 52.9 Å². The molecule has 114 valence electrons. The number of aryl methyl sites for hydroxylation is 2. The number of nitrogens with one attached hydrogen (secondary N) is 1. The molecule has 0 radical (unpaired) electrons. The molecule has 1 N–H and O–H groups in total. The molecule has 0 aliphatic rings. The van der Waals surface area contributed by atoms with Crippen molar-refractivity contribution in [1.29, 1.82) is 0 Å². The van der Waals surface area contributed by atoms with Crippen molar-refractivity contribution in [3.05, 3.63) is 51.9 Å². The molecule has 21 heavy (non-hydrogen) atoms. The molecule has 4 heteroatoms. The summed E-state index contributed by atoms with van der Waals surface area (Å²) in [6.07, 6.45) is 1.12. The second kappa shape index (κ2) is 7.53. The highest BCUT2D eigenvalue weighted by Crippen LogP contribution is 2.23. The maximum atomic E-state index is 5.94. The van der Waals surface area contributed by atoms with E-state index >= 15 is 0 Å². The standard InChI is InChI=1S/C17H22ClNO2/c1-4-7-19-10-17-13(3)9-15(21-17)11-20-16-6-5-14(18)8-12(16)2/h5-6,8-9,19H,4,7,10-11H2,1-3H3. The molecule has 0 atom stereocenters. The smallest absolute Gasteiger partial charge is 0.146 e. The highest BCUT2D eigenvalue weighted by Gasteiger charge is 2.08. The molecule has 2 rings (SSSR count). The van der Waals surface area contributed by atoms with E-state index in [1.54, 1.807) is 0 Å². The van der Waals surface area contributed by atoms with Gasteiger partial charge in [-0.15, -0.1) is 0 Å². The Balaban J connectivity index is 1.95. The molecule has 0 saturated carbocycles. The van der Waals surface area contributed by atoms with Gasteiger partial charge in [0.1, 0.15) is 23.9 Å². The first kappa shape index (κ1) is 15.9. The quantitative estimate of drug-likeness (QED) is 0.757. The number of halogens is 1. The van der Waals surface area contributed by atoms with Gasteiger partial charge in [-0.3, -0.25) is 0 Å². The van der Waals surface area contributed by atoms with Crippen LogP contribution in [0.3, 0.4) is 0 Å². The minimum Gasteiger partial charge on any atom is -0.485 e. The Morgan fingerprint density at radius 2 is 2.00 bits per heavy atom. The van der Waals surface area contributed by atoms with Crippen LogP contribution in [-0.4, -0.2) is 6.54 Å². The van der Waals surface area contributed by atoms with E-state index in [1.165, 1.54) is 0 Å². The van der Waals surface area contributed by atoms with Gasteiger partial charge in [-0.25, -0.2) is 0 Å². The van der Waals surface area contributed by atoms with Crippen molar-refractivity contribution in [2.24, 2.45) is 0 Å². The summed E-state index contributed by atoms with van der Waals surface area (Å²) in [5.74, 6) is 2.66. The third-order valence-electron chi connectivity index (χ3n) is 3.29. The molecular formula is C17H22ClNO2. The largest absolute Gasteiger partial charge is 0.485 e. The van der Waals surface area contributed by atoms with Crippen LogP contribution in [0.15, 0.2) is 28.7 Å². The van der Waals surface area contributed by atoms with E-state index in [1.807, 2.05) is 31.2 Å². The molecule has 1 aromatic heterocycles. The lowest BCUT2D eigenvalue weighted by molar-refractivity contribution is 0.263. The van der Waals surface area contributed by atoms with Crippen molar-refractivity contribution < 1.29 is 9.15 Å². The molecule has 0 aliphatic carbocycles. The Labute approximate surface area is 131 Å². The Morgan fingerprint density at radius 3 is 2.71 bits per heavy atom. The van der Waals surface area contributed by atoms with Crippen molar-refractivity contribution in [1.82, 2.24) is 5.32 Å². The molecule has 0 amide bonds. The zero-order chi connectivity index (χ0) is 15.2. The van der Waals surface area contributed by atoms with Crippen LogP contribution in [0.2, 0.25) is 5.02 Å². The van der Waals surface area contributed by atoms with Crippen LogP contribution >= 0.6 is 11.6 Å². The van der Waals surface area contributed by atoms with Gasteiger partial charge in [0.25, 0.3) is 0 Å². The monoisotopic (exact) mass is 307 g/mol. The number of furan rings is 1. The maximum absolute atomic E-state index is 5.94. The van der Waals surface area contributed by atoms with Crippen LogP contribution in [0.1, 0.15) is 36.0 Å². The summed E-state index contributed by atoms with van der Waals surface area (Å²) in [7, 11) is 0. The topological polar surface area (TPSA) is 34.4 Å². The molecule has 3 nitrogen and oxygen atoms in total. The molecule has 1 heterocycles. The number of hydrogen-bond acceptors (Lipinski definition) is 3. The zero-order valence-electron chi connectivity index (χ0n) is 12.8. The lowest BCUT2D eigenvalue weighted by Gasteiger charge is -2.07. The van der Waals surface area contributed by atoms with E-state index in [0.29, 0.717) is 6.61 Å². The number of rotatable bonds is 7. The van der Waals surface area contributed by atoms with E-state index in [2.05, 4.69) is 19.2 Å². The summed E-state index contributed by atoms with van der Waals surface area (Å²) in [6.45, 7) is 8.38. The predicted molar refractivity (Wildman–Crippen MR) is 86.0 cm³/mol. The first-order chi connectivity index (χ1) is 10.1. The van der Waals surface area contributed by atoms with Gasteiger partial charge in [0, 0.05) is 5.02 Å². The van der Waals surface area contributed by atoms with Crippen LogP contribution < -0.4 is 10.1 Å². The minimum absolute atomic E-state index is 0.428. The van der Waals surface area contributed by atoms with Gasteiger partial charge in [0.2, 0.25) is 0 Å². The SMILES string of the molecule is CCCNCc1oc(COc2ccc(Cl)cc2C)cc1C. The second-order valence-electron chi connectivity index (χ2n) is 5.19. The van der Waals surface area contributed by atoms with Crippen LogP contribution in [0, 0.1) is 13.8 Å². The third kappa shape index (κ3) is 4.51. The maximum Gasteiger partial charge on any atom is 0.146 e. The van der Waals surface area contributed by atoms with Gasteiger partial charge >= 0.3 is 0 Å². The molecule has 0 fully saturated rings. The molecule has 1 aromatic carbocycles. The molecule has 0 saturated heterocycles. The van der Waals surface area contributed by atoms with E-state index in [4.69, 9.17) is 20.8 Å². The first-order valence-corrected chi connectivity index (χ1v) is 7.65. The van der Waals surface area contributed by atoms with Gasteiger partial charge in [0.05, 0.1) is 6.54 Å². The van der Waals surface area contributed by atoms with Crippen molar-refractivity contribution in [3.8, 4) is 5.75 Å². The molecule has 0 bridgehead atoms. The third-order valence-corrected chi connectivity index (χ3v) is 3.53. The van der Waals surface area contributed by atoms with Crippen molar-refractivity contribution >= 4 is 11.6 Å². The zero-order valence-corrected chi connectivity index (χ0v) is 13.6. The molecular weight excluding hydrogens is 286 g/mol. The van der Waals surface area contributed by atoms with E-state index < -0.39 is 0 Å². The van der Waals surface area contributed by atoms with Gasteiger partial charge in [-0.1, -0.05) is 18.5 Å². The predicted octanol–water partition coefficient (Wildman–Crippen LogP) is 4.63. The normalized spacial score (nSPS) is 10.9. The van der Waals surface area contributed by atoms with Gasteiger partial charge in [-0.2, -0.15) is 0 Å². The average molecular weight is 308 g/mol. The molecule has 2 aromatic rings. The highest BCUT2D eigenvalue weighted by atomic mass is 35.5. The summed E-state index contributed by atoms with van der Waals surface area (Å²) >= 11 is 5.94. The van der Waals surface area contributed by atoms with Crippen LogP contribution in [0.4, 0.5) is 0 Å². The number of ether oxygens (including phenoxy) is 1. The highest BCUT2D eigenvalue weighted by molar-refractivity contribution is 6.30. The lowest BCUT2D eigenvalue weighted by atomic mass is 10.2. The Hall–Kier alpha value is -1.45. The number of hydrogen-bond donors (Lipinski definition) is 1. The van der Waals surface area contributed by atoms with Crippen molar-refractivity contribution in [2.45, 2.75) is 40.3 Å². The van der Waals surface area contributed by atoms with Gasteiger partial charge in [0.15, 0.2) is 0 Å². The average Bonchev–Trinajstić information content (AvgIpc) is 2.79. The molecule has 0 aliphatic heterocycles. The summed E-state index contributed by atoms with van der Waals surface area (Å²) < 4.78 is 11.6. The van der Waals surface area contributed by atoms with Crippen LogP contribution in [0.25, 0.3) is 0 Å². The number of benzene rings is 1. The van der Waals surface area contributed by atoms with E-state index in [-0.39, 0.29) is 0 Å². The van der Waals surface area contributed by atoms with Gasteiger partial charge < -0.3 is 14.5 Å². The summed E-state index contributed by atoms with van der Waals surface area (Å²) in [6, 6.07) is 7.65.